The van der Waals surface area contributed by atoms with Gasteiger partial charge in [0, 0.05) is 9.19 Å². The maximum atomic E-state index is 8.62. The molecule has 0 aliphatic carbocycles. The lowest BCUT2D eigenvalue weighted by molar-refractivity contribution is 0.859. The van der Waals surface area contributed by atoms with Gasteiger partial charge in [-0.05, 0) is 16.7 Å². The Morgan fingerprint density at radius 3 is 1.69 bits per heavy atom. The zero-order valence-electron chi connectivity index (χ0n) is 8.69. The van der Waals surface area contributed by atoms with E-state index in [4.69, 9.17) is 5.53 Å². The van der Waals surface area contributed by atoms with Crippen molar-refractivity contribution in [1.29, 1.82) is 0 Å². The van der Waals surface area contributed by atoms with Gasteiger partial charge < -0.3 is 0 Å². The molecule has 0 bridgehead atoms. The molecule has 0 atom stereocenters. The van der Waals surface area contributed by atoms with Crippen LogP contribution >= 0.6 is 0 Å². The van der Waals surface area contributed by atoms with Gasteiger partial charge in [0.05, 0.1) is 6.04 Å². The Bertz CT molecular complexity index is 460. The summed E-state index contributed by atoms with van der Waals surface area (Å²) in [6.45, 7) is 0. The molecule has 0 saturated heterocycles. The van der Waals surface area contributed by atoms with Crippen LogP contribution in [0.15, 0.2) is 65.8 Å². The van der Waals surface area contributed by atoms with E-state index in [0.29, 0.717) is 0 Å². The van der Waals surface area contributed by atoms with E-state index in [0.717, 1.165) is 11.1 Å². The zero-order chi connectivity index (χ0) is 11.2. The Labute approximate surface area is 98.4 Å². The lowest BCUT2D eigenvalue weighted by Crippen LogP contribution is -1.96. The number of hydrogen-bond donors (Lipinski definition) is 0. The van der Waals surface area contributed by atoms with Crippen molar-refractivity contribution in [3.05, 3.63) is 82.2 Å². The average molecular weight is 215 g/mol. The summed E-state index contributed by atoms with van der Waals surface area (Å²) in [4.78, 5) is 2.91. The molecule has 0 heterocycles. The van der Waals surface area contributed by atoms with Gasteiger partial charge in [-0.1, -0.05) is 65.8 Å². The Kier molecular flexibility index (Phi) is 3.22. The molecule has 2 aromatic rings. The van der Waals surface area contributed by atoms with Crippen molar-refractivity contribution in [3.63, 3.8) is 0 Å². The zero-order valence-corrected chi connectivity index (χ0v) is 8.69. The molecule has 0 aromatic heterocycles. The molecule has 3 heteroatoms. The van der Waals surface area contributed by atoms with Crippen LogP contribution in [0.1, 0.15) is 21.4 Å². The molecule has 0 N–H and O–H groups in total. The maximum absolute atomic E-state index is 8.62. The Balaban J connectivity index is 0. The largest absolute Gasteiger partial charge is 0.0876 e. The lowest BCUT2D eigenvalue weighted by atomic mass is 10.00. The Hall–Kier alpha value is -2.25. The first-order valence-corrected chi connectivity index (χ1v) is 5.06. The molecular weight excluding hydrogens is 198 g/mol. The molecule has 84 valence electrons. The van der Waals surface area contributed by atoms with E-state index in [1.807, 2.05) is 60.7 Å². The highest BCUT2D eigenvalue weighted by atomic mass is 15.1. The van der Waals surface area contributed by atoms with Gasteiger partial charge in [0.25, 0.3) is 0 Å². The van der Waals surface area contributed by atoms with Crippen LogP contribution in [0.4, 0.5) is 0 Å². The van der Waals surface area contributed by atoms with Gasteiger partial charge in [0.2, 0.25) is 0 Å². The normalized spacial score (nSPS) is 9.81. The first-order valence-electron chi connectivity index (χ1n) is 5.06. The van der Waals surface area contributed by atoms with Gasteiger partial charge in [-0.15, -0.1) is 0 Å². The van der Waals surface area contributed by atoms with Crippen LogP contribution in [0.25, 0.3) is 10.4 Å². The summed E-state index contributed by atoms with van der Waals surface area (Å²) >= 11 is 0. The third kappa shape index (κ3) is 2.22. The molecule has 2 rings (SSSR count). The second-order valence-corrected chi connectivity index (χ2v) is 3.43. The smallest absolute Gasteiger partial charge is 0.0812 e. The number of nitrogens with zero attached hydrogens (tertiary/aromatic N) is 3. The fourth-order valence-electron chi connectivity index (χ4n) is 1.65. The molecule has 0 aliphatic heterocycles. The first kappa shape index (κ1) is 10.3. The van der Waals surface area contributed by atoms with Gasteiger partial charge in [0.1, 0.15) is 0 Å². The van der Waals surface area contributed by atoms with Crippen LogP contribution in [0, 0.1) is 0 Å². The average Bonchev–Trinajstić information content (AvgIpc) is 2.38. The molecule has 0 unspecified atom stereocenters. The van der Waals surface area contributed by atoms with Crippen LogP contribution in [-0.4, -0.2) is 0 Å². The van der Waals surface area contributed by atoms with Gasteiger partial charge >= 0.3 is 0 Å². The monoisotopic (exact) mass is 215 g/mol. The maximum Gasteiger partial charge on any atom is 0.0876 e. The van der Waals surface area contributed by atoms with E-state index in [9.17, 15) is 0 Å². The van der Waals surface area contributed by atoms with Gasteiger partial charge in [-0.25, -0.2) is 0 Å². The van der Waals surface area contributed by atoms with E-state index in [2.05, 4.69) is 10.0 Å². The molecule has 0 amide bonds. The van der Waals surface area contributed by atoms with Crippen molar-refractivity contribution in [2.45, 2.75) is 6.04 Å². The van der Waals surface area contributed by atoms with Crippen molar-refractivity contribution in [2.75, 3.05) is 0 Å². The SMILES string of the molecule is [HH].[HH].[HH].[N-]=[N+]=NC(c1ccccc1)c1ccccc1. The predicted molar refractivity (Wildman–Crippen MR) is 70.2 cm³/mol. The van der Waals surface area contributed by atoms with E-state index in [1.165, 1.54) is 0 Å². The summed E-state index contributed by atoms with van der Waals surface area (Å²) in [6.07, 6.45) is 0. The van der Waals surface area contributed by atoms with Crippen molar-refractivity contribution in [3.8, 4) is 0 Å². The summed E-state index contributed by atoms with van der Waals surface area (Å²) in [6, 6.07) is 19.3. The topological polar surface area (TPSA) is 48.8 Å². The van der Waals surface area contributed by atoms with Crippen LogP contribution in [0.5, 0.6) is 0 Å². The van der Waals surface area contributed by atoms with E-state index in [1.54, 1.807) is 0 Å². The van der Waals surface area contributed by atoms with Gasteiger partial charge in [-0.3, -0.25) is 0 Å². The number of azide groups is 1. The van der Waals surface area contributed by atoms with Crippen LogP contribution < -0.4 is 0 Å². The highest BCUT2D eigenvalue weighted by Crippen LogP contribution is 2.25. The first-order chi connectivity index (χ1) is 7.92. The molecular formula is C13H17N3. The van der Waals surface area contributed by atoms with Gasteiger partial charge in [0.15, 0.2) is 0 Å². The number of benzene rings is 2. The van der Waals surface area contributed by atoms with Crippen LogP contribution in [0.2, 0.25) is 0 Å². The summed E-state index contributed by atoms with van der Waals surface area (Å²) in [5.41, 5.74) is 10.6. The molecule has 0 spiro atoms. The minimum atomic E-state index is -0.243. The Morgan fingerprint density at radius 1 is 0.875 bits per heavy atom. The van der Waals surface area contributed by atoms with Crippen molar-refractivity contribution in [1.82, 2.24) is 0 Å². The molecule has 0 saturated carbocycles. The van der Waals surface area contributed by atoms with E-state index < -0.39 is 0 Å². The molecule has 0 aliphatic rings. The minimum absolute atomic E-state index is 0. The minimum Gasteiger partial charge on any atom is -0.0812 e. The third-order valence-corrected chi connectivity index (χ3v) is 2.40. The summed E-state index contributed by atoms with van der Waals surface area (Å²) in [5, 5.41) is 3.85. The molecule has 3 nitrogen and oxygen atoms in total. The molecule has 16 heavy (non-hydrogen) atoms. The highest BCUT2D eigenvalue weighted by molar-refractivity contribution is 5.31. The highest BCUT2D eigenvalue weighted by Gasteiger charge is 2.10. The summed E-state index contributed by atoms with van der Waals surface area (Å²) in [7, 11) is 0. The van der Waals surface area contributed by atoms with Crippen molar-refractivity contribution >= 4 is 0 Å². The summed E-state index contributed by atoms with van der Waals surface area (Å²) in [5.74, 6) is 0. The molecule has 0 radical (unpaired) electrons. The fourth-order valence-corrected chi connectivity index (χ4v) is 1.65. The Morgan fingerprint density at radius 2 is 1.31 bits per heavy atom. The van der Waals surface area contributed by atoms with E-state index in [-0.39, 0.29) is 10.3 Å². The van der Waals surface area contributed by atoms with Crippen LogP contribution in [-0.2, 0) is 0 Å². The second kappa shape index (κ2) is 5.01. The van der Waals surface area contributed by atoms with Crippen molar-refractivity contribution < 1.29 is 4.28 Å². The third-order valence-electron chi connectivity index (χ3n) is 2.40. The number of hydrogen-bond acceptors (Lipinski definition) is 1. The standard InChI is InChI=1S/C13H11N3.3H2/c14-16-15-13(11-7-3-1-4-8-11)12-9-5-2-6-10-12;;;/h1-10,13H;3*1H. The van der Waals surface area contributed by atoms with Crippen LogP contribution in [0.3, 0.4) is 0 Å². The molecule has 0 fully saturated rings. The fraction of sp³-hybridized carbons (Fsp3) is 0.0769. The van der Waals surface area contributed by atoms with Crippen molar-refractivity contribution in [2.24, 2.45) is 5.11 Å². The van der Waals surface area contributed by atoms with E-state index >= 15 is 0 Å². The lowest BCUT2D eigenvalue weighted by Gasteiger charge is -2.11. The predicted octanol–water partition coefficient (Wildman–Crippen LogP) is 4.82. The number of rotatable bonds is 3. The van der Waals surface area contributed by atoms with Gasteiger partial charge in [-0.2, -0.15) is 0 Å². The quantitative estimate of drug-likeness (QED) is 0.400. The summed E-state index contributed by atoms with van der Waals surface area (Å²) < 4.78 is 0. The second-order valence-electron chi connectivity index (χ2n) is 3.43. The molecule has 2 aromatic carbocycles.